The van der Waals surface area contributed by atoms with Crippen molar-refractivity contribution in [2.75, 3.05) is 0 Å². The van der Waals surface area contributed by atoms with Crippen molar-refractivity contribution in [2.24, 2.45) is 0 Å². The van der Waals surface area contributed by atoms with E-state index < -0.39 is 28.9 Å². The van der Waals surface area contributed by atoms with Crippen LogP contribution in [0.5, 0.6) is 5.75 Å². The summed E-state index contributed by atoms with van der Waals surface area (Å²) in [5, 5.41) is -1.27. The Morgan fingerprint density at radius 2 is 2.07 bits per heavy atom. The molecule has 0 fully saturated rings. The number of hydrogen-bond acceptors (Lipinski definition) is 3. The van der Waals surface area contributed by atoms with Gasteiger partial charge in [0.1, 0.15) is 0 Å². The first-order chi connectivity index (χ1) is 6.79. The summed E-state index contributed by atoms with van der Waals surface area (Å²) in [6.07, 6.45) is -4.57. The molecule has 0 saturated heterocycles. The lowest BCUT2D eigenvalue weighted by molar-refractivity contribution is -0.274. The van der Waals surface area contributed by atoms with E-state index in [2.05, 4.69) is 9.72 Å². The van der Waals surface area contributed by atoms with Crippen LogP contribution in [0.15, 0.2) is 12.3 Å². The zero-order valence-corrected chi connectivity index (χ0v) is 7.56. The molecule has 1 aromatic heterocycles. The van der Waals surface area contributed by atoms with Crippen molar-refractivity contribution < 1.29 is 27.1 Å². The first-order valence-corrected chi connectivity index (χ1v) is 3.78. The molecule has 82 valence electrons. The normalized spacial score (nSPS) is 11.3. The van der Waals surface area contributed by atoms with Crippen molar-refractivity contribution in [3.05, 3.63) is 23.8 Å². The van der Waals surface area contributed by atoms with Crippen LogP contribution in [0.25, 0.3) is 0 Å². The van der Waals surface area contributed by atoms with E-state index in [1.165, 1.54) is 0 Å². The van der Waals surface area contributed by atoms with Gasteiger partial charge in [-0.3, -0.25) is 4.79 Å². The highest BCUT2D eigenvalue weighted by Crippen LogP contribution is 2.26. The summed E-state index contributed by atoms with van der Waals surface area (Å²) < 4.78 is 51.3. The summed E-state index contributed by atoms with van der Waals surface area (Å²) in [5.41, 5.74) is -0.735. The second-order valence-electron chi connectivity index (χ2n) is 2.32. The number of rotatable bonds is 2. The van der Waals surface area contributed by atoms with Gasteiger partial charge >= 0.3 is 6.36 Å². The fourth-order valence-electron chi connectivity index (χ4n) is 0.777. The third-order valence-corrected chi connectivity index (χ3v) is 1.48. The maximum atomic E-state index is 12.5. The molecule has 0 radical (unpaired) electrons. The fraction of sp³-hybridized carbons (Fsp3) is 0.143. The summed E-state index contributed by atoms with van der Waals surface area (Å²) >= 11 is 4.93. The van der Waals surface area contributed by atoms with Crippen molar-refractivity contribution >= 4 is 16.8 Å². The van der Waals surface area contributed by atoms with E-state index in [1.54, 1.807) is 0 Å². The highest BCUT2D eigenvalue weighted by molar-refractivity contribution is 6.68. The highest BCUT2D eigenvalue weighted by atomic mass is 35.5. The molecule has 0 saturated carbocycles. The Balaban J connectivity index is 3.12. The number of aromatic nitrogens is 1. The van der Waals surface area contributed by atoms with Gasteiger partial charge in [0.2, 0.25) is 5.95 Å². The van der Waals surface area contributed by atoms with Gasteiger partial charge < -0.3 is 4.74 Å². The summed E-state index contributed by atoms with van der Waals surface area (Å²) in [6, 6.07) is 0.455. The molecule has 0 aromatic carbocycles. The van der Waals surface area contributed by atoms with E-state index in [0.29, 0.717) is 12.3 Å². The number of ether oxygens (including phenoxy) is 1. The SMILES string of the molecule is O=C(Cl)c1cc(F)ncc1OC(F)(F)F. The van der Waals surface area contributed by atoms with Gasteiger partial charge in [-0.2, -0.15) is 4.39 Å². The Bertz CT molecular complexity index is 393. The molecule has 0 aliphatic heterocycles. The van der Waals surface area contributed by atoms with Gasteiger partial charge in [-0.25, -0.2) is 4.98 Å². The second kappa shape index (κ2) is 4.01. The molecule has 0 aliphatic rings. The summed E-state index contributed by atoms with van der Waals surface area (Å²) in [7, 11) is 0. The van der Waals surface area contributed by atoms with Gasteiger partial charge in [0.05, 0.1) is 11.8 Å². The van der Waals surface area contributed by atoms with E-state index >= 15 is 0 Å². The topological polar surface area (TPSA) is 39.2 Å². The van der Waals surface area contributed by atoms with Crippen molar-refractivity contribution in [1.82, 2.24) is 4.98 Å². The fourth-order valence-corrected chi connectivity index (χ4v) is 0.925. The predicted octanol–water partition coefficient (Wildman–Crippen LogP) is 2.50. The highest BCUT2D eigenvalue weighted by Gasteiger charge is 2.33. The zero-order chi connectivity index (χ0) is 11.6. The van der Waals surface area contributed by atoms with Crippen molar-refractivity contribution in [1.29, 1.82) is 0 Å². The maximum Gasteiger partial charge on any atom is 0.573 e. The molecule has 1 heterocycles. The molecule has 0 bridgehead atoms. The Morgan fingerprint density at radius 3 is 2.53 bits per heavy atom. The van der Waals surface area contributed by atoms with Crippen LogP contribution < -0.4 is 4.74 Å². The molecule has 0 spiro atoms. The molecular formula is C7H2ClF4NO2. The molecule has 8 heteroatoms. The minimum Gasteiger partial charge on any atom is -0.403 e. The molecule has 0 unspecified atom stereocenters. The summed E-state index contributed by atoms with van der Waals surface area (Å²) in [4.78, 5) is 13.5. The Kier molecular flexibility index (Phi) is 3.13. The van der Waals surface area contributed by atoms with Crippen molar-refractivity contribution in [2.45, 2.75) is 6.36 Å². The van der Waals surface area contributed by atoms with E-state index in [1.807, 2.05) is 0 Å². The lowest BCUT2D eigenvalue weighted by atomic mass is 10.3. The van der Waals surface area contributed by atoms with Crippen LogP contribution in [-0.4, -0.2) is 16.6 Å². The molecule has 0 amide bonds. The third-order valence-electron chi connectivity index (χ3n) is 1.27. The number of carbonyl (C=O) groups is 1. The Labute approximate surface area is 85.6 Å². The Hall–Kier alpha value is -1.37. The second-order valence-corrected chi connectivity index (χ2v) is 2.67. The van der Waals surface area contributed by atoms with Crippen LogP contribution in [0.1, 0.15) is 10.4 Å². The summed E-state index contributed by atoms with van der Waals surface area (Å²) in [6.45, 7) is 0. The Morgan fingerprint density at radius 1 is 1.47 bits per heavy atom. The average molecular weight is 244 g/mol. The van der Waals surface area contributed by atoms with Crippen LogP contribution in [0.4, 0.5) is 17.6 Å². The predicted molar refractivity (Wildman–Crippen MR) is 41.1 cm³/mol. The quantitative estimate of drug-likeness (QED) is 0.455. The van der Waals surface area contributed by atoms with Crippen LogP contribution in [0.2, 0.25) is 0 Å². The third kappa shape index (κ3) is 3.35. The average Bonchev–Trinajstić information content (AvgIpc) is 2.05. The minimum absolute atomic E-state index is 0.429. The van der Waals surface area contributed by atoms with Crippen LogP contribution in [-0.2, 0) is 0 Å². The van der Waals surface area contributed by atoms with Crippen molar-refractivity contribution in [3.63, 3.8) is 0 Å². The number of hydrogen-bond donors (Lipinski definition) is 0. The van der Waals surface area contributed by atoms with Crippen LogP contribution in [0, 0.1) is 5.95 Å². The summed E-state index contributed by atoms with van der Waals surface area (Å²) in [5.74, 6) is -2.07. The maximum absolute atomic E-state index is 12.5. The van der Waals surface area contributed by atoms with Gasteiger partial charge in [-0.1, -0.05) is 0 Å². The first kappa shape index (κ1) is 11.7. The molecule has 15 heavy (non-hydrogen) atoms. The number of alkyl halides is 3. The minimum atomic E-state index is -5.00. The number of carbonyl (C=O) groups excluding carboxylic acids is 1. The monoisotopic (exact) mass is 243 g/mol. The van der Waals surface area contributed by atoms with Gasteiger partial charge in [0, 0.05) is 6.07 Å². The molecular weight excluding hydrogens is 242 g/mol. The lowest BCUT2D eigenvalue weighted by Gasteiger charge is -2.10. The largest absolute Gasteiger partial charge is 0.573 e. The van der Waals surface area contributed by atoms with E-state index in [4.69, 9.17) is 11.6 Å². The smallest absolute Gasteiger partial charge is 0.403 e. The molecule has 0 aliphatic carbocycles. The first-order valence-electron chi connectivity index (χ1n) is 3.41. The van der Waals surface area contributed by atoms with Gasteiger partial charge in [0.15, 0.2) is 5.75 Å². The van der Waals surface area contributed by atoms with Gasteiger partial charge in [0.25, 0.3) is 5.24 Å². The van der Waals surface area contributed by atoms with Crippen molar-refractivity contribution in [3.8, 4) is 5.75 Å². The number of nitrogens with zero attached hydrogens (tertiary/aromatic N) is 1. The van der Waals surface area contributed by atoms with Gasteiger partial charge in [-0.15, -0.1) is 13.2 Å². The molecule has 3 nitrogen and oxygen atoms in total. The lowest BCUT2D eigenvalue weighted by Crippen LogP contribution is -2.19. The molecule has 0 atom stereocenters. The van der Waals surface area contributed by atoms with E-state index in [9.17, 15) is 22.4 Å². The number of pyridine rings is 1. The number of halogens is 5. The van der Waals surface area contributed by atoms with E-state index in [-0.39, 0.29) is 0 Å². The van der Waals surface area contributed by atoms with Crippen LogP contribution in [0.3, 0.4) is 0 Å². The van der Waals surface area contributed by atoms with Gasteiger partial charge in [-0.05, 0) is 11.6 Å². The molecule has 1 aromatic rings. The molecule has 1 rings (SSSR count). The van der Waals surface area contributed by atoms with Crippen LogP contribution >= 0.6 is 11.6 Å². The zero-order valence-electron chi connectivity index (χ0n) is 6.81. The van der Waals surface area contributed by atoms with E-state index in [0.717, 1.165) is 0 Å². The standard InChI is InChI=1S/C7H2ClF4NO2/c8-6(14)3-1-5(9)13-2-4(3)15-7(10,11)12/h1-2H. The molecule has 0 N–H and O–H groups in total.